The van der Waals surface area contributed by atoms with E-state index in [2.05, 4.69) is 144 Å². The van der Waals surface area contributed by atoms with Crippen molar-refractivity contribution in [2.45, 2.75) is 131 Å². The van der Waals surface area contributed by atoms with E-state index in [1.807, 2.05) is 11.1 Å². The van der Waals surface area contributed by atoms with E-state index in [0.29, 0.717) is 0 Å². The van der Waals surface area contributed by atoms with Crippen LogP contribution in [0.1, 0.15) is 55.6 Å². The summed E-state index contributed by atoms with van der Waals surface area (Å²) in [5, 5.41) is 0. The lowest BCUT2D eigenvalue weighted by molar-refractivity contribution is 0.783. The first-order valence-corrected chi connectivity index (χ1v) is 38.2. The van der Waals surface area contributed by atoms with Crippen LogP contribution in [-0.4, -0.2) is 43.6 Å². The van der Waals surface area contributed by atoms with Gasteiger partial charge in [-0.1, -0.05) is 114 Å². The van der Waals surface area contributed by atoms with Gasteiger partial charge in [0.15, 0.2) is 0 Å². The zero-order chi connectivity index (χ0) is 29.6. The molecular weight excluding hydrogens is 553 g/mol. The van der Waals surface area contributed by atoms with Crippen molar-refractivity contribution in [1.29, 1.82) is 0 Å². The molecule has 2 aromatic rings. The Morgan fingerprint density at radius 3 is 0.737 bits per heavy atom. The molecule has 0 unspecified atom stereocenters. The maximum atomic E-state index is 2.87. The van der Waals surface area contributed by atoms with Gasteiger partial charge in [0.05, 0.1) is 0 Å². The standard InChI is InChI=1S/C32H60Si6/c1-23-19-25(3)29(26(4)20-23)31-32(30-27(5)21-24(2)22-28(30)6)38(35(13,14)15,36(16,17)18)37(31,33(7,8)9)34(10,11)12/h19-22,31-32H,1-18H3/t31-,32+. The van der Waals surface area contributed by atoms with Crippen LogP contribution in [0.25, 0.3) is 0 Å². The van der Waals surface area contributed by atoms with E-state index in [9.17, 15) is 0 Å². The minimum Gasteiger partial charge on any atom is -0.0718 e. The van der Waals surface area contributed by atoms with Gasteiger partial charge in [-0.2, -0.15) is 0 Å². The smallest absolute Gasteiger partial charge is 0.0429 e. The van der Waals surface area contributed by atoms with Crippen LogP contribution in [0, 0.1) is 41.5 Å². The van der Waals surface area contributed by atoms with Gasteiger partial charge in [0.1, 0.15) is 0 Å². The van der Waals surface area contributed by atoms with E-state index >= 15 is 0 Å². The molecule has 2 atom stereocenters. The fourth-order valence-electron chi connectivity index (χ4n) is 11.5. The Morgan fingerprint density at radius 2 is 0.579 bits per heavy atom. The van der Waals surface area contributed by atoms with Gasteiger partial charge < -0.3 is 0 Å². The third kappa shape index (κ3) is 4.25. The van der Waals surface area contributed by atoms with Crippen LogP contribution in [0.2, 0.25) is 78.6 Å². The predicted octanol–water partition coefficient (Wildman–Crippen LogP) is 10.1. The molecule has 6 heteroatoms. The topological polar surface area (TPSA) is 0 Å². The van der Waals surface area contributed by atoms with Gasteiger partial charge in [0.2, 0.25) is 0 Å². The molecule has 0 aromatic heterocycles. The molecule has 1 saturated heterocycles. The second-order valence-electron chi connectivity index (χ2n) is 17.2. The van der Waals surface area contributed by atoms with E-state index in [1.54, 1.807) is 22.3 Å². The molecule has 38 heavy (non-hydrogen) atoms. The summed E-state index contributed by atoms with van der Waals surface area (Å²) in [5.74, 6) is 0. The zero-order valence-corrected chi connectivity index (χ0v) is 34.5. The maximum absolute atomic E-state index is 2.87. The Labute approximate surface area is 242 Å². The summed E-state index contributed by atoms with van der Waals surface area (Å²) >= 11 is 0. The maximum Gasteiger partial charge on any atom is 0.0429 e. The number of aryl methyl sites for hydroxylation is 6. The normalized spacial score (nSPS) is 21.8. The largest absolute Gasteiger partial charge is 0.0718 e. The second kappa shape index (κ2) is 9.65. The summed E-state index contributed by atoms with van der Waals surface area (Å²) in [6.45, 7) is 45.5. The Kier molecular flexibility index (Phi) is 8.19. The van der Waals surface area contributed by atoms with Gasteiger partial charge in [-0.05, 0) is 86.0 Å². The fourth-order valence-corrected chi connectivity index (χ4v) is 248. The van der Waals surface area contributed by atoms with Gasteiger partial charge in [0.25, 0.3) is 0 Å². The van der Waals surface area contributed by atoms with E-state index in [-0.39, 0.29) is 0 Å². The minimum absolute atomic E-state index is 0.812. The Hall–Kier alpha value is -0.259. The van der Waals surface area contributed by atoms with Crippen LogP contribution in [0.15, 0.2) is 24.3 Å². The molecule has 0 saturated carbocycles. The molecule has 0 spiro atoms. The quantitative estimate of drug-likeness (QED) is 0.285. The number of hydrogen-bond acceptors (Lipinski definition) is 0. The van der Waals surface area contributed by atoms with Crippen LogP contribution >= 0.6 is 0 Å². The van der Waals surface area contributed by atoms with Crippen molar-refractivity contribution < 1.29 is 0 Å². The first-order valence-electron chi connectivity index (χ1n) is 15.0. The van der Waals surface area contributed by atoms with E-state index in [1.165, 1.54) is 11.1 Å². The van der Waals surface area contributed by atoms with Crippen molar-refractivity contribution in [3.8, 4) is 0 Å². The van der Waals surface area contributed by atoms with Gasteiger partial charge >= 0.3 is 0 Å². The fraction of sp³-hybridized carbons (Fsp3) is 0.625. The van der Waals surface area contributed by atoms with E-state index in [0.717, 1.165) is 11.1 Å². The van der Waals surface area contributed by atoms with Crippen molar-refractivity contribution >= 4 is 43.6 Å². The molecule has 1 aliphatic heterocycles. The summed E-state index contributed by atoms with van der Waals surface area (Å²) in [7, 11) is -6.03. The van der Waals surface area contributed by atoms with Crippen LogP contribution in [0.4, 0.5) is 0 Å². The van der Waals surface area contributed by atoms with Crippen molar-refractivity contribution in [3.63, 3.8) is 0 Å². The van der Waals surface area contributed by atoms with Gasteiger partial charge in [-0.3, -0.25) is 0 Å². The van der Waals surface area contributed by atoms with Crippen molar-refractivity contribution in [1.82, 2.24) is 0 Å². The lowest BCUT2D eigenvalue weighted by Gasteiger charge is -2.83. The molecule has 0 radical (unpaired) electrons. The predicted molar refractivity (Wildman–Crippen MR) is 192 cm³/mol. The summed E-state index contributed by atoms with van der Waals surface area (Å²) in [6.07, 6.45) is 0. The lowest BCUT2D eigenvalue weighted by atomic mass is 9.89. The van der Waals surface area contributed by atoms with Crippen LogP contribution < -0.4 is 0 Å². The molecule has 3 rings (SSSR count). The zero-order valence-electron chi connectivity index (χ0n) is 28.5. The molecule has 1 heterocycles. The average Bonchev–Trinajstić information content (AvgIpc) is 2.60. The average molecular weight is 613 g/mol. The summed E-state index contributed by atoms with van der Waals surface area (Å²) in [4.78, 5) is 0. The van der Waals surface area contributed by atoms with E-state index in [4.69, 9.17) is 0 Å². The molecule has 0 bridgehead atoms. The highest BCUT2D eigenvalue weighted by atomic mass is 30.2. The monoisotopic (exact) mass is 612 g/mol. The second-order valence-corrected chi connectivity index (χ2v) is 80.9. The van der Waals surface area contributed by atoms with Gasteiger partial charge in [0, 0.05) is 43.6 Å². The summed E-state index contributed by atoms with van der Waals surface area (Å²) in [6, 6.07) is 10.1. The summed E-state index contributed by atoms with van der Waals surface area (Å²) in [5.41, 5.74) is 14.5. The van der Waals surface area contributed by atoms with Gasteiger partial charge in [-0.25, -0.2) is 0 Å². The molecule has 1 aliphatic rings. The van der Waals surface area contributed by atoms with Crippen LogP contribution in [-0.2, 0) is 0 Å². The Morgan fingerprint density at radius 1 is 0.395 bits per heavy atom. The highest BCUT2D eigenvalue weighted by Gasteiger charge is 2.87. The molecule has 212 valence electrons. The molecule has 0 amide bonds. The molecule has 0 nitrogen and oxygen atoms in total. The highest BCUT2D eigenvalue weighted by molar-refractivity contribution is 8.11. The van der Waals surface area contributed by atoms with Crippen molar-refractivity contribution in [2.24, 2.45) is 0 Å². The molecule has 2 aromatic carbocycles. The Bertz CT molecular complexity index is 1060. The molecule has 0 aliphatic carbocycles. The number of benzene rings is 2. The first kappa shape index (κ1) is 32.3. The van der Waals surface area contributed by atoms with Gasteiger partial charge in [-0.15, -0.1) is 0 Å². The van der Waals surface area contributed by atoms with Crippen LogP contribution in [0.3, 0.4) is 0 Å². The molecule has 1 fully saturated rings. The van der Waals surface area contributed by atoms with Crippen molar-refractivity contribution in [2.75, 3.05) is 0 Å². The van der Waals surface area contributed by atoms with Crippen LogP contribution in [0.5, 0.6) is 0 Å². The van der Waals surface area contributed by atoms with Crippen molar-refractivity contribution in [3.05, 3.63) is 68.8 Å². The molecular formula is C32H60Si6. The Balaban J connectivity index is 2.75. The van der Waals surface area contributed by atoms with E-state index < -0.39 is 43.6 Å². The highest BCUT2D eigenvalue weighted by Crippen LogP contribution is 2.70. The first-order chi connectivity index (χ1) is 16.9. The summed E-state index contributed by atoms with van der Waals surface area (Å²) < 4.78 is 0. The number of hydrogen-bond donors (Lipinski definition) is 0. The molecule has 0 N–H and O–H groups in total. The lowest BCUT2D eigenvalue weighted by Crippen LogP contribution is -3.06. The SMILES string of the molecule is Cc1cc(C)c([C@@H]2[C@H](c3c(C)cc(C)cc3C)[Si]([Si](C)(C)C)([Si](C)(C)C)[Si]2([Si](C)(C)C)[Si](C)(C)C)c(C)c1. The minimum atomic E-state index is -1.71. The third-order valence-electron chi connectivity index (χ3n) is 10.7. The number of rotatable bonds is 6. The third-order valence-corrected chi connectivity index (χ3v) is 140.